The standard InChI is InChI=1S/C17H26N2O3S2.ClH/c1-2-9-24(21,22)13-16(20)19(11-14-3-8-23-12-14)15-10-17(15)4-6-18-7-5-17;/h3,8,12,15,18H,2,4-7,9-11,13H2,1H3;1H. The Bertz CT molecular complexity index is 670. The molecule has 1 aliphatic carbocycles. The summed E-state index contributed by atoms with van der Waals surface area (Å²) in [5.74, 6) is -0.490. The summed E-state index contributed by atoms with van der Waals surface area (Å²) in [6, 6.07) is 2.21. The molecule has 1 saturated carbocycles. The SMILES string of the molecule is CCCS(=O)(=O)CC(=O)N(Cc1ccsc1)C1CC12CCNCC2.Cl. The second kappa shape index (κ2) is 8.37. The molecule has 1 unspecified atom stereocenters. The molecule has 1 spiro atoms. The Morgan fingerprint density at radius 3 is 2.72 bits per heavy atom. The number of nitrogens with one attached hydrogen (secondary N) is 1. The smallest absolute Gasteiger partial charge is 0.238 e. The summed E-state index contributed by atoms with van der Waals surface area (Å²) < 4.78 is 24.2. The number of piperidine rings is 1. The molecule has 2 fully saturated rings. The summed E-state index contributed by atoms with van der Waals surface area (Å²) >= 11 is 1.61. The minimum Gasteiger partial charge on any atom is -0.334 e. The number of sulfone groups is 1. The predicted octanol–water partition coefficient (Wildman–Crippen LogP) is 2.47. The van der Waals surface area contributed by atoms with Gasteiger partial charge in [-0.25, -0.2) is 8.42 Å². The fourth-order valence-corrected chi connectivity index (χ4v) is 5.80. The van der Waals surface area contributed by atoms with E-state index in [0.29, 0.717) is 13.0 Å². The van der Waals surface area contributed by atoms with Crippen molar-refractivity contribution in [3.8, 4) is 0 Å². The lowest BCUT2D eigenvalue weighted by Gasteiger charge is -2.29. The highest BCUT2D eigenvalue weighted by Gasteiger charge is 2.57. The lowest BCUT2D eigenvalue weighted by molar-refractivity contribution is -0.130. The molecule has 1 amide bonds. The first-order valence-corrected chi connectivity index (χ1v) is 11.4. The van der Waals surface area contributed by atoms with E-state index in [1.165, 1.54) is 0 Å². The minimum atomic E-state index is -3.30. The maximum Gasteiger partial charge on any atom is 0.238 e. The maximum atomic E-state index is 12.8. The second-order valence-corrected chi connectivity index (χ2v) is 10.0. The predicted molar refractivity (Wildman–Crippen MR) is 104 cm³/mol. The van der Waals surface area contributed by atoms with E-state index in [1.54, 1.807) is 11.3 Å². The van der Waals surface area contributed by atoms with Crippen molar-refractivity contribution in [2.75, 3.05) is 24.6 Å². The van der Waals surface area contributed by atoms with E-state index in [9.17, 15) is 13.2 Å². The van der Waals surface area contributed by atoms with Crippen LogP contribution in [0.1, 0.15) is 38.2 Å². The van der Waals surface area contributed by atoms with Gasteiger partial charge in [0.25, 0.3) is 0 Å². The monoisotopic (exact) mass is 406 g/mol. The Hall–Kier alpha value is -0.630. The van der Waals surface area contributed by atoms with E-state index in [0.717, 1.165) is 37.9 Å². The number of thiophene rings is 1. The molecule has 1 atom stereocenters. The number of hydrogen-bond donors (Lipinski definition) is 1. The highest BCUT2D eigenvalue weighted by Crippen LogP contribution is 2.56. The fourth-order valence-electron chi connectivity index (χ4n) is 3.83. The van der Waals surface area contributed by atoms with Gasteiger partial charge in [-0.05, 0) is 66.6 Å². The third-order valence-electron chi connectivity index (χ3n) is 5.23. The topological polar surface area (TPSA) is 66.5 Å². The molecule has 2 heterocycles. The first-order chi connectivity index (χ1) is 11.5. The molecule has 8 heteroatoms. The summed E-state index contributed by atoms with van der Waals surface area (Å²) in [7, 11) is -3.30. The summed E-state index contributed by atoms with van der Waals surface area (Å²) in [5.41, 5.74) is 1.31. The summed E-state index contributed by atoms with van der Waals surface area (Å²) in [6.45, 7) is 4.34. The van der Waals surface area contributed by atoms with Gasteiger partial charge in [-0.3, -0.25) is 4.79 Å². The quantitative estimate of drug-likeness (QED) is 0.755. The van der Waals surface area contributed by atoms with Gasteiger partial charge in [0.05, 0.1) is 5.75 Å². The zero-order valence-electron chi connectivity index (χ0n) is 14.6. The zero-order chi connectivity index (χ0) is 17.2. The maximum absolute atomic E-state index is 12.8. The van der Waals surface area contributed by atoms with Crippen LogP contribution >= 0.6 is 23.7 Å². The fraction of sp³-hybridized carbons (Fsp3) is 0.706. The zero-order valence-corrected chi connectivity index (χ0v) is 17.0. The number of halogens is 1. The van der Waals surface area contributed by atoms with Crippen molar-refractivity contribution in [2.45, 2.75) is 45.2 Å². The molecule has 5 nitrogen and oxygen atoms in total. The van der Waals surface area contributed by atoms with Gasteiger partial charge in [0.1, 0.15) is 5.75 Å². The van der Waals surface area contributed by atoms with Crippen LogP contribution in [0.25, 0.3) is 0 Å². The Morgan fingerprint density at radius 2 is 2.12 bits per heavy atom. The van der Waals surface area contributed by atoms with Crippen LogP contribution < -0.4 is 5.32 Å². The average Bonchev–Trinajstić information content (AvgIpc) is 2.97. The summed E-state index contributed by atoms with van der Waals surface area (Å²) in [4.78, 5) is 14.6. The highest BCUT2D eigenvalue weighted by molar-refractivity contribution is 7.92. The van der Waals surface area contributed by atoms with E-state index in [2.05, 4.69) is 5.32 Å². The average molecular weight is 407 g/mol. The lowest BCUT2D eigenvalue weighted by atomic mass is 9.93. The van der Waals surface area contributed by atoms with Gasteiger partial charge < -0.3 is 10.2 Å². The molecule has 0 radical (unpaired) electrons. The highest BCUT2D eigenvalue weighted by atomic mass is 35.5. The molecular formula is C17H27ClN2O3S2. The Labute approximate surface area is 160 Å². The van der Waals surface area contributed by atoms with E-state index >= 15 is 0 Å². The molecule has 1 aromatic heterocycles. The third-order valence-corrected chi connectivity index (χ3v) is 7.68. The van der Waals surface area contributed by atoms with Crippen LogP contribution in [0.4, 0.5) is 0 Å². The van der Waals surface area contributed by atoms with Gasteiger partial charge >= 0.3 is 0 Å². The van der Waals surface area contributed by atoms with Crippen LogP contribution in [-0.2, 0) is 21.2 Å². The molecule has 1 saturated heterocycles. The van der Waals surface area contributed by atoms with Crippen molar-refractivity contribution in [1.82, 2.24) is 10.2 Å². The van der Waals surface area contributed by atoms with Crippen LogP contribution in [0, 0.1) is 5.41 Å². The van der Waals surface area contributed by atoms with Gasteiger partial charge in [0.2, 0.25) is 5.91 Å². The van der Waals surface area contributed by atoms with Gasteiger partial charge in [-0.2, -0.15) is 11.3 Å². The van der Waals surface area contributed by atoms with Crippen LogP contribution in [0.5, 0.6) is 0 Å². The van der Waals surface area contributed by atoms with E-state index < -0.39 is 9.84 Å². The van der Waals surface area contributed by atoms with E-state index in [1.807, 2.05) is 28.7 Å². The molecule has 2 aliphatic rings. The lowest BCUT2D eigenvalue weighted by Crippen LogP contribution is -2.41. The molecular weight excluding hydrogens is 380 g/mol. The van der Waals surface area contributed by atoms with Crippen LogP contribution in [0.2, 0.25) is 0 Å². The van der Waals surface area contributed by atoms with Crippen molar-refractivity contribution < 1.29 is 13.2 Å². The van der Waals surface area contributed by atoms with Crippen molar-refractivity contribution in [1.29, 1.82) is 0 Å². The number of hydrogen-bond acceptors (Lipinski definition) is 5. The van der Waals surface area contributed by atoms with Crippen LogP contribution in [0.15, 0.2) is 16.8 Å². The number of rotatable bonds is 7. The molecule has 0 bridgehead atoms. The number of carbonyl (C=O) groups excluding carboxylic acids is 1. The molecule has 25 heavy (non-hydrogen) atoms. The van der Waals surface area contributed by atoms with Gasteiger partial charge in [0.15, 0.2) is 9.84 Å². The van der Waals surface area contributed by atoms with E-state index in [-0.39, 0.29) is 41.3 Å². The molecule has 1 aliphatic heterocycles. The molecule has 142 valence electrons. The molecule has 3 rings (SSSR count). The Morgan fingerprint density at radius 1 is 1.40 bits per heavy atom. The summed E-state index contributed by atoms with van der Waals surface area (Å²) in [5, 5.41) is 7.41. The van der Waals surface area contributed by atoms with Crippen molar-refractivity contribution in [3.63, 3.8) is 0 Å². The normalized spacial score (nSPS) is 21.6. The molecule has 0 aromatic carbocycles. The Balaban J connectivity index is 0.00000225. The Kier molecular flexibility index (Phi) is 6.93. The molecule has 1 N–H and O–H groups in total. The summed E-state index contributed by atoms with van der Waals surface area (Å²) in [6.07, 6.45) is 3.72. The number of carbonyl (C=O) groups is 1. The third kappa shape index (κ3) is 4.96. The van der Waals surface area contributed by atoms with Gasteiger partial charge in [-0.15, -0.1) is 12.4 Å². The van der Waals surface area contributed by atoms with E-state index in [4.69, 9.17) is 0 Å². The van der Waals surface area contributed by atoms with Crippen molar-refractivity contribution in [3.05, 3.63) is 22.4 Å². The molecule has 1 aromatic rings. The number of amides is 1. The second-order valence-electron chi connectivity index (χ2n) is 7.08. The van der Waals surface area contributed by atoms with Crippen molar-refractivity contribution >= 4 is 39.5 Å². The van der Waals surface area contributed by atoms with Gasteiger partial charge in [-0.1, -0.05) is 6.92 Å². The van der Waals surface area contributed by atoms with Crippen molar-refractivity contribution in [2.24, 2.45) is 5.41 Å². The number of nitrogens with zero attached hydrogens (tertiary/aromatic N) is 1. The van der Waals surface area contributed by atoms with Crippen LogP contribution in [-0.4, -0.2) is 49.9 Å². The first-order valence-electron chi connectivity index (χ1n) is 8.67. The van der Waals surface area contributed by atoms with Crippen LogP contribution in [0.3, 0.4) is 0 Å². The first kappa shape index (κ1) is 20.7. The van der Waals surface area contributed by atoms with Gasteiger partial charge in [0, 0.05) is 12.6 Å². The minimum absolute atomic E-state index is 0. The largest absolute Gasteiger partial charge is 0.334 e.